The minimum absolute atomic E-state index is 0.372. The smallest absolute Gasteiger partial charge is 0.135 e. The maximum Gasteiger partial charge on any atom is 0.135 e. The Labute approximate surface area is 45.3 Å². The molecule has 0 rings (SSSR count). The van der Waals surface area contributed by atoms with Crippen molar-refractivity contribution >= 4 is 0 Å². The summed E-state index contributed by atoms with van der Waals surface area (Å²) in [5, 5.41) is 0. The van der Waals surface area contributed by atoms with E-state index in [2.05, 4.69) is 14.1 Å². The summed E-state index contributed by atoms with van der Waals surface area (Å²) in [6, 6.07) is 0. The zero-order valence-electron chi connectivity index (χ0n) is 4.98. The zero-order valence-corrected chi connectivity index (χ0v) is 4.98. The number of hydrogen-bond acceptors (Lipinski definition) is 1. The Kier molecular flexibility index (Phi) is 2.26. The normalized spacial score (nSPS) is 12.0. The Bertz CT molecular complexity index is 46.5. The molecule has 2 nitrogen and oxygen atoms in total. The molecule has 0 saturated carbocycles. The highest BCUT2D eigenvalue weighted by Crippen LogP contribution is 1.92. The highest BCUT2D eigenvalue weighted by atomic mass is 16.5. The van der Waals surface area contributed by atoms with Crippen molar-refractivity contribution in [3.8, 4) is 0 Å². The van der Waals surface area contributed by atoms with Crippen LogP contribution in [0.1, 0.15) is 0 Å². The summed E-state index contributed by atoms with van der Waals surface area (Å²) >= 11 is 0. The van der Waals surface area contributed by atoms with Gasteiger partial charge in [0, 0.05) is 14.2 Å². The lowest BCUT2D eigenvalue weighted by molar-refractivity contribution is -0.841. The van der Waals surface area contributed by atoms with Crippen LogP contribution in [-0.2, 0) is 4.74 Å². The first kappa shape index (κ1) is 6.92. The third kappa shape index (κ3) is 5.92. The van der Waals surface area contributed by atoms with Gasteiger partial charge >= 0.3 is 0 Å². The lowest BCUT2D eigenvalue weighted by Crippen LogP contribution is -2.30. The number of rotatable bonds is 2. The topological polar surface area (TPSA) is 9.23 Å². The van der Waals surface area contributed by atoms with E-state index < -0.39 is 0 Å². The summed E-state index contributed by atoms with van der Waals surface area (Å²) < 4.78 is 5.12. The van der Waals surface area contributed by atoms with Crippen LogP contribution in [0.4, 0.5) is 0 Å². The lowest BCUT2D eigenvalue weighted by atomic mass is 10.7. The minimum Gasteiger partial charge on any atom is -0.574 e. The third-order valence-corrected chi connectivity index (χ3v) is 0.441. The van der Waals surface area contributed by atoms with Crippen molar-refractivity contribution < 1.29 is 9.22 Å². The molecule has 0 aliphatic carbocycles. The molecule has 2 heteroatoms. The number of quaternary nitrogens is 1. The van der Waals surface area contributed by atoms with Gasteiger partial charge in [0.2, 0.25) is 0 Å². The first-order valence-electron chi connectivity index (χ1n) is 2.09. The summed E-state index contributed by atoms with van der Waals surface area (Å²) in [4.78, 5) is 0. The van der Waals surface area contributed by atoms with E-state index in [0.29, 0.717) is 11.2 Å². The van der Waals surface area contributed by atoms with Crippen LogP contribution in [0.3, 0.4) is 0 Å². The molecule has 0 saturated heterocycles. The monoisotopic (exact) mass is 102 g/mol. The summed E-state index contributed by atoms with van der Waals surface area (Å²) in [6.45, 7) is 0.556. The van der Waals surface area contributed by atoms with Crippen LogP contribution >= 0.6 is 0 Å². The average molecular weight is 102 g/mol. The zero-order chi connectivity index (χ0) is 5.91. The summed E-state index contributed by atoms with van der Waals surface area (Å²) in [6.07, 6.45) is 0. The average Bonchev–Trinajstić information content (AvgIpc) is 1.30. The Morgan fingerprint density at radius 1 is 1.57 bits per heavy atom. The second kappa shape index (κ2) is 2.28. The lowest BCUT2D eigenvalue weighted by Gasteiger charge is -2.40. The van der Waals surface area contributed by atoms with E-state index in [4.69, 9.17) is 4.74 Å². The minimum atomic E-state index is 0.372. The van der Waals surface area contributed by atoms with Crippen molar-refractivity contribution in [1.29, 1.82) is 0 Å². The van der Waals surface area contributed by atoms with Crippen LogP contribution < -0.4 is 0 Å². The largest absolute Gasteiger partial charge is 0.574 e. The quantitative estimate of drug-likeness (QED) is 0.282. The van der Waals surface area contributed by atoms with Crippen LogP contribution in [0.5, 0.6) is 0 Å². The van der Waals surface area contributed by atoms with Crippen molar-refractivity contribution in [1.82, 2.24) is 0 Å². The fraction of sp³-hybridized carbons (Fsp3) is 0.600. The Morgan fingerprint density at radius 2 is 2.00 bits per heavy atom. The fourth-order valence-electron chi connectivity index (χ4n) is 0.312. The van der Waals surface area contributed by atoms with Gasteiger partial charge in [0.25, 0.3) is 0 Å². The van der Waals surface area contributed by atoms with Gasteiger partial charge in [-0.3, -0.25) is 0 Å². The van der Waals surface area contributed by atoms with Crippen LogP contribution in [0.25, 0.3) is 0 Å². The molecule has 44 valence electrons. The number of ether oxygens (including phenoxy) is 1. The third-order valence-electron chi connectivity index (χ3n) is 0.441. The fourth-order valence-corrected chi connectivity index (χ4v) is 0.312. The van der Waals surface area contributed by atoms with E-state index in [1.165, 1.54) is 0 Å². The molecule has 0 radical (unpaired) electrons. The maximum absolute atomic E-state index is 4.75. The molecule has 0 aliphatic heterocycles. The number of nitrogens with zero attached hydrogens (tertiary/aromatic N) is 1. The van der Waals surface area contributed by atoms with Gasteiger partial charge in [-0.25, -0.2) is 0 Å². The van der Waals surface area contributed by atoms with E-state index in [0.717, 1.165) is 0 Å². The second-order valence-electron chi connectivity index (χ2n) is 2.04. The van der Waals surface area contributed by atoms with Crippen molar-refractivity contribution in [3.05, 3.63) is 14.1 Å². The molecule has 0 aromatic carbocycles. The van der Waals surface area contributed by atoms with E-state index >= 15 is 0 Å². The van der Waals surface area contributed by atoms with E-state index in [9.17, 15) is 0 Å². The Morgan fingerprint density at radius 3 is 2.00 bits per heavy atom. The van der Waals surface area contributed by atoms with Crippen molar-refractivity contribution in [2.24, 2.45) is 0 Å². The van der Waals surface area contributed by atoms with Crippen molar-refractivity contribution in [2.45, 2.75) is 0 Å². The van der Waals surface area contributed by atoms with Crippen LogP contribution in [0, 0.1) is 14.1 Å². The Balaban J connectivity index is 3.15. The number of hydrogen-bond donors (Lipinski definition) is 0. The van der Waals surface area contributed by atoms with Crippen molar-refractivity contribution in [3.63, 3.8) is 0 Å². The molecular formula is C5H12NO-. The van der Waals surface area contributed by atoms with Crippen molar-refractivity contribution in [2.75, 3.05) is 20.9 Å². The standard InChI is InChI=1S/C5H12NO/c1-6(2,3)5-7-4/h1-2,5H2,3-4H3/q-1. The van der Waals surface area contributed by atoms with E-state index in [-0.39, 0.29) is 0 Å². The highest BCUT2D eigenvalue weighted by molar-refractivity contribution is 4.17. The van der Waals surface area contributed by atoms with Gasteiger partial charge in [-0.05, 0) is 0 Å². The molecule has 0 bridgehead atoms. The highest BCUT2D eigenvalue weighted by Gasteiger charge is 1.86. The molecule has 0 atom stereocenters. The van der Waals surface area contributed by atoms with Crippen LogP contribution in [0.15, 0.2) is 0 Å². The predicted octanol–water partition coefficient (Wildman–Crippen LogP) is 0.620. The van der Waals surface area contributed by atoms with E-state index in [1.807, 2.05) is 7.05 Å². The van der Waals surface area contributed by atoms with Gasteiger partial charge in [-0.2, -0.15) is 14.1 Å². The van der Waals surface area contributed by atoms with Gasteiger partial charge < -0.3 is 9.22 Å². The molecule has 0 spiro atoms. The maximum atomic E-state index is 4.75. The molecule has 0 heterocycles. The first-order chi connectivity index (χ1) is 3.06. The number of methoxy groups -OCH3 is 1. The second-order valence-corrected chi connectivity index (χ2v) is 2.04. The first-order valence-corrected chi connectivity index (χ1v) is 2.09. The molecule has 0 unspecified atom stereocenters. The predicted molar refractivity (Wildman–Crippen MR) is 28.8 cm³/mol. The molecule has 0 N–H and O–H groups in total. The molecule has 0 aliphatic rings. The van der Waals surface area contributed by atoms with Gasteiger partial charge in [0.05, 0.1) is 0 Å². The molecule has 7 heavy (non-hydrogen) atoms. The summed E-state index contributed by atoms with van der Waals surface area (Å²) in [5.74, 6) is 0. The SMILES string of the molecule is [CH2-][N+]([CH2-])(C)COC. The van der Waals surface area contributed by atoms with Gasteiger partial charge in [0.1, 0.15) is 6.73 Å². The molecule has 0 aromatic heterocycles. The Hall–Kier alpha value is -0.0800. The summed E-state index contributed by atoms with van der Waals surface area (Å²) in [7, 11) is 10.8. The molecule has 0 amide bonds. The van der Waals surface area contributed by atoms with Crippen LogP contribution in [-0.4, -0.2) is 25.4 Å². The van der Waals surface area contributed by atoms with E-state index in [1.54, 1.807) is 7.11 Å². The van der Waals surface area contributed by atoms with Gasteiger partial charge in [-0.1, -0.05) is 0 Å². The molecule has 0 aromatic rings. The molecular weight excluding hydrogens is 90.1 g/mol. The van der Waals surface area contributed by atoms with Gasteiger partial charge in [0.15, 0.2) is 0 Å². The van der Waals surface area contributed by atoms with Crippen LogP contribution in [0.2, 0.25) is 0 Å². The van der Waals surface area contributed by atoms with Gasteiger partial charge in [-0.15, -0.1) is 0 Å². The summed E-state index contributed by atoms with van der Waals surface area (Å²) in [5.41, 5.74) is 0. The molecule has 0 fully saturated rings.